The molecule has 1 aliphatic rings. The number of aryl methyl sites for hydroxylation is 2. The molecule has 1 fully saturated rings. The molecule has 1 amide bonds. The van der Waals surface area contributed by atoms with Crippen LogP contribution in [0.1, 0.15) is 34.7 Å². The molecule has 1 aromatic carbocycles. The molecule has 29 heavy (non-hydrogen) atoms. The molecule has 1 aliphatic heterocycles. The number of benzene rings is 1. The number of hydrogen-bond acceptors (Lipinski definition) is 6. The number of ether oxygens (including phenoxy) is 2. The molecule has 2 heterocycles. The molecule has 158 valence electrons. The molecule has 0 bridgehead atoms. The monoisotopic (exact) mass is 404 g/mol. The van der Waals surface area contributed by atoms with Crippen molar-refractivity contribution in [2.24, 2.45) is 5.73 Å². The molecule has 9 nitrogen and oxygen atoms in total. The summed E-state index contributed by atoms with van der Waals surface area (Å²) in [5, 5.41) is 11.9. The van der Waals surface area contributed by atoms with Gasteiger partial charge in [0.2, 0.25) is 0 Å². The minimum Gasteiger partial charge on any atom is -0.493 e. The van der Waals surface area contributed by atoms with Gasteiger partial charge in [0.25, 0.3) is 11.9 Å². The normalized spacial score (nSPS) is 13.2. The van der Waals surface area contributed by atoms with Gasteiger partial charge in [0.15, 0.2) is 11.5 Å². The zero-order valence-corrected chi connectivity index (χ0v) is 17.2. The second-order valence-corrected chi connectivity index (χ2v) is 6.76. The van der Waals surface area contributed by atoms with E-state index in [1.165, 1.54) is 0 Å². The van der Waals surface area contributed by atoms with E-state index >= 15 is 0 Å². The molecular formula is C20H28N4O5. The van der Waals surface area contributed by atoms with Crippen LogP contribution >= 0.6 is 0 Å². The summed E-state index contributed by atoms with van der Waals surface area (Å²) in [6.07, 6.45) is 0. The van der Waals surface area contributed by atoms with Crippen molar-refractivity contribution in [2.75, 3.05) is 33.4 Å². The van der Waals surface area contributed by atoms with E-state index in [4.69, 9.17) is 25.1 Å². The van der Waals surface area contributed by atoms with Crippen LogP contribution in [0.5, 0.6) is 11.5 Å². The Kier molecular flexibility index (Phi) is 7.60. The Labute approximate surface area is 170 Å². The summed E-state index contributed by atoms with van der Waals surface area (Å²) in [6, 6.07) is 7.51. The number of likely N-dealkylation sites (tertiary alicyclic amines) is 1. The van der Waals surface area contributed by atoms with Crippen molar-refractivity contribution in [3.8, 4) is 11.5 Å². The zero-order valence-electron chi connectivity index (χ0n) is 17.2. The second-order valence-electron chi connectivity index (χ2n) is 6.76. The molecule has 9 heteroatoms. The maximum Gasteiger partial charge on any atom is 0.300 e. The number of amides is 1. The number of aromatic nitrogens is 2. The average Bonchev–Trinajstić information content (AvgIpc) is 2.95. The number of aliphatic carboxylic acids is 1. The Bertz CT molecular complexity index is 855. The van der Waals surface area contributed by atoms with E-state index in [9.17, 15) is 4.79 Å². The van der Waals surface area contributed by atoms with Crippen molar-refractivity contribution >= 4 is 11.9 Å². The fraction of sp³-hybridized carbons (Fsp3) is 0.450. The van der Waals surface area contributed by atoms with Gasteiger partial charge in [0.1, 0.15) is 6.61 Å². The maximum atomic E-state index is 12.7. The SMILES string of the molecule is CC(=O)O.COc1cc(C(=O)N2CC(n3nc(C)cc3C)C2)ccc1OCCN. The van der Waals surface area contributed by atoms with Crippen LogP contribution in [0.4, 0.5) is 0 Å². The number of nitrogens with two attached hydrogens (primary N) is 1. The van der Waals surface area contributed by atoms with E-state index in [0.717, 1.165) is 18.3 Å². The summed E-state index contributed by atoms with van der Waals surface area (Å²) in [5.74, 6) is 0.282. The standard InChI is InChI=1S/C18H24N4O3.C2H4O2/c1-12-8-13(2)22(20-12)15-10-21(11-15)18(23)14-4-5-16(25-7-6-19)17(9-14)24-3;1-2(3)4/h4-5,8-9,15H,6-7,10-11,19H2,1-3H3;1H3,(H,3,4). The van der Waals surface area contributed by atoms with Gasteiger partial charge in [0, 0.05) is 37.8 Å². The first-order valence-electron chi connectivity index (χ1n) is 9.29. The van der Waals surface area contributed by atoms with Crippen LogP contribution in [0, 0.1) is 13.8 Å². The fourth-order valence-corrected chi connectivity index (χ4v) is 3.06. The Morgan fingerprint density at radius 1 is 1.24 bits per heavy atom. The van der Waals surface area contributed by atoms with Crippen molar-refractivity contribution in [3.05, 3.63) is 41.2 Å². The van der Waals surface area contributed by atoms with E-state index in [2.05, 4.69) is 11.2 Å². The van der Waals surface area contributed by atoms with Crippen LogP contribution in [-0.4, -0.2) is 65.0 Å². The first-order chi connectivity index (χ1) is 13.8. The minimum atomic E-state index is -0.833. The molecular weight excluding hydrogens is 376 g/mol. The minimum absolute atomic E-state index is 0.0125. The number of carboxylic acid groups (broad SMARTS) is 1. The number of hydrogen-bond donors (Lipinski definition) is 2. The van der Waals surface area contributed by atoms with Gasteiger partial charge in [-0.3, -0.25) is 14.3 Å². The summed E-state index contributed by atoms with van der Waals surface area (Å²) >= 11 is 0. The molecule has 1 saturated heterocycles. The third kappa shape index (κ3) is 5.71. The summed E-state index contributed by atoms with van der Waals surface area (Å²) in [4.78, 5) is 23.5. The lowest BCUT2D eigenvalue weighted by Crippen LogP contribution is -2.51. The van der Waals surface area contributed by atoms with E-state index in [1.807, 2.05) is 23.4 Å². The Morgan fingerprint density at radius 2 is 1.90 bits per heavy atom. The van der Waals surface area contributed by atoms with Gasteiger partial charge in [0.05, 0.1) is 18.8 Å². The molecule has 0 atom stereocenters. The number of carbonyl (C=O) groups excluding carboxylic acids is 1. The molecule has 0 radical (unpaired) electrons. The van der Waals surface area contributed by atoms with Crippen LogP contribution < -0.4 is 15.2 Å². The van der Waals surface area contributed by atoms with Crippen LogP contribution in [0.2, 0.25) is 0 Å². The molecule has 0 aliphatic carbocycles. The number of methoxy groups -OCH3 is 1. The molecule has 0 spiro atoms. The summed E-state index contributed by atoms with van der Waals surface area (Å²) in [6.45, 7) is 7.25. The predicted octanol–water partition coefficient (Wildman–Crippen LogP) is 1.63. The Morgan fingerprint density at radius 3 is 2.41 bits per heavy atom. The van der Waals surface area contributed by atoms with E-state index < -0.39 is 5.97 Å². The second kappa shape index (κ2) is 9.92. The predicted molar refractivity (Wildman–Crippen MR) is 107 cm³/mol. The van der Waals surface area contributed by atoms with Crippen molar-refractivity contribution in [2.45, 2.75) is 26.8 Å². The number of rotatable bonds is 6. The highest BCUT2D eigenvalue weighted by atomic mass is 16.5. The fourth-order valence-electron chi connectivity index (χ4n) is 3.06. The molecule has 0 saturated carbocycles. The Hall–Kier alpha value is -3.07. The molecule has 3 rings (SSSR count). The number of carbonyl (C=O) groups is 2. The van der Waals surface area contributed by atoms with Crippen molar-refractivity contribution in [3.63, 3.8) is 0 Å². The lowest BCUT2D eigenvalue weighted by atomic mass is 10.1. The molecule has 2 aromatic rings. The third-order valence-corrected chi connectivity index (χ3v) is 4.33. The number of carboxylic acids is 1. The lowest BCUT2D eigenvalue weighted by molar-refractivity contribution is -0.134. The smallest absolute Gasteiger partial charge is 0.300 e. The quantitative estimate of drug-likeness (QED) is 0.751. The average molecular weight is 404 g/mol. The van der Waals surface area contributed by atoms with Crippen molar-refractivity contribution in [1.29, 1.82) is 0 Å². The lowest BCUT2D eigenvalue weighted by Gasteiger charge is -2.39. The van der Waals surface area contributed by atoms with Crippen molar-refractivity contribution in [1.82, 2.24) is 14.7 Å². The van der Waals surface area contributed by atoms with E-state index in [-0.39, 0.29) is 11.9 Å². The zero-order chi connectivity index (χ0) is 21.6. The van der Waals surface area contributed by atoms with E-state index in [0.29, 0.717) is 43.3 Å². The largest absolute Gasteiger partial charge is 0.493 e. The maximum absolute atomic E-state index is 12.7. The molecule has 3 N–H and O–H groups in total. The first kappa shape index (κ1) is 22.2. The van der Waals surface area contributed by atoms with Gasteiger partial charge in [-0.25, -0.2) is 0 Å². The Balaban J connectivity index is 0.000000687. The summed E-state index contributed by atoms with van der Waals surface area (Å²) in [7, 11) is 1.56. The highest BCUT2D eigenvalue weighted by Crippen LogP contribution is 2.30. The summed E-state index contributed by atoms with van der Waals surface area (Å²) in [5.41, 5.74) is 8.16. The highest BCUT2D eigenvalue weighted by Gasteiger charge is 2.34. The third-order valence-electron chi connectivity index (χ3n) is 4.33. The van der Waals surface area contributed by atoms with E-state index in [1.54, 1.807) is 25.3 Å². The summed E-state index contributed by atoms with van der Waals surface area (Å²) < 4.78 is 12.8. The first-order valence-corrected chi connectivity index (χ1v) is 9.29. The topological polar surface area (TPSA) is 120 Å². The van der Waals surface area contributed by atoms with Crippen LogP contribution in [0.3, 0.4) is 0 Å². The van der Waals surface area contributed by atoms with Gasteiger partial charge in [-0.1, -0.05) is 0 Å². The molecule has 0 unspecified atom stereocenters. The van der Waals surface area contributed by atoms with Gasteiger partial charge in [-0.2, -0.15) is 5.10 Å². The van der Waals surface area contributed by atoms with Gasteiger partial charge >= 0.3 is 0 Å². The van der Waals surface area contributed by atoms with Crippen LogP contribution in [0.15, 0.2) is 24.3 Å². The van der Waals surface area contributed by atoms with Gasteiger partial charge < -0.3 is 25.2 Å². The van der Waals surface area contributed by atoms with Crippen LogP contribution in [-0.2, 0) is 4.79 Å². The van der Waals surface area contributed by atoms with Gasteiger partial charge in [-0.15, -0.1) is 0 Å². The van der Waals surface area contributed by atoms with Crippen LogP contribution in [0.25, 0.3) is 0 Å². The van der Waals surface area contributed by atoms with Crippen molar-refractivity contribution < 1.29 is 24.2 Å². The number of nitrogens with zero attached hydrogens (tertiary/aromatic N) is 3. The van der Waals surface area contributed by atoms with Gasteiger partial charge in [-0.05, 0) is 38.1 Å². The highest BCUT2D eigenvalue weighted by molar-refractivity contribution is 5.95. The molecule has 1 aromatic heterocycles.